The van der Waals surface area contributed by atoms with E-state index in [0.717, 1.165) is 10.5 Å². The van der Waals surface area contributed by atoms with E-state index in [1.54, 1.807) is 55.5 Å². The SMILES string of the molecule is CCOC(=O)Oc1ccc(C(=O)NCc2ccc(NC(=O)C(C)N3C(=O)c4ccccc4C3=O)cc2)cc1. The second-order valence-electron chi connectivity index (χ2n) is 8.38. The summed E-state index contributed by atoms with van der Waals surface area (Å²) in [5.74, 6) is -1.56. The molecule has 38 heavy (non-hydrogen) atoms. The number of carbonyl (C=O) groups is 5. The Morgan fingerprint density at radius 3 is 2.05 bits per heavy atom. The van der Waals surface area contributed by atoms with Crippen LogP contribution in [0.25, 0.3) is 0 Å². The molecule has 1 heterocycles. The van der Waals surface area contributed by atoms with E-state index < -0.39 is 29.9 Å². The molecule has 3 aromatic carbocycles. The Morgan fingerprint density at radius 2 is 1.47 bits per heavy atom. The first kappa shape index (κ1) is 26.1. The molecule has 0 spiro atoms. The second kappa shape index (κ2) is 11.4. The van der Waals surface area contributed by atoms with Crippen LogP contribution >= 0.6 is 0 Å². The number of hydrogen-bond donors (Lipinski definition) is 2. The number of fused-ring (bicyclic) bond motifs is 1. The van der Waals surface area contributed by atoms with Crippen LogP contribution in [-0.4, -0.2) is 47.3 Å². The fourth-order valence-electron chi connectivity index (χ4n) is 3.83. The van der Waals surface area contributed by atoms with Crippen molar-refractivity contribution in [3.63, 3.8) is 0 Å². The smallest absolute Gasteiger partial charge is 0.434 e. The van der Waals surface area contributed by atoms with Crippen LogP contribution in [0.3, 0.4) is 0 Å². The molecule has 1 unspecified atom stereocenters. The van der Waals surface area contributed by atoms with Gasteiger partial charge in [0.2, 0.25) is 5.91 Å². The Hall–Kier alpha value is -4.99. The fraction of sp³-hybridized carbons (Fsp3) is 0.179. The molecule has 0 fully saturated rings. The third-order valence-corrected chi connectivity index (χ3v) is 5.85. The molecule has 4 rings (SSSR count). The van der Waals surface area contributed by atoms with Crippen molar-refractivity contribution in [2.45, 2.75) is 26.4 Å². The van der Waals surface area contributed by atoms with Gasteiger partial charge >= 0.3 is 6.16 Å². The van der Waals surface area contributed by atoms with E-state index in [1.165, 1.54) is 31.2 Å². The van der Waals surface area contributed by atoms with Crippen molar-refractivity contribution in [1.82, 2.24) is 10.2 Å². The zero-order valence-corrected chi connectivity index (χ0v) is 20.7. The number of benzene rings is 3. The zero-order valence-electron chi connectivity index (χ0n) is 20.7. The van der Waals surface area contributed by atoms with Gasteiger partial charge in [0.15, 0.2) is 0 Å². The minimum atomic E-state index is -1.00. The maximum absolute atomic E-state index is 12.8. The maximum Gasteiger partial charge on any atom is 0.513 e. The number of nitrogens with zero attached hydrogens (tertiary/aromatic N) is 1. The summed E-state index contributed by atoms with van der Waals surface area (Å²) in [5.41, 5.74) is 2.21. The largest absolute Gasteiger partial charge is 0.513 e. The molecule has 0 aliphatic carbocycles. The molecule has 0 radical (unpaired) electrons. The van der Waals surface area contributed by atoms with Crippen LogP contribution in [-0.2, 0) is 16.1 Å². The van der Waals surface area contributed by atoms with Crippen LogP contribution in [0.1, 0.15) is 50.5 Å². The first-order valence-corrected chi connectivity index (χ1v) is 11.9. The summed E-state index contributed by atoms with van der Waals surface area (Å²) in [6, 6.07) is 18.3. The van der Waals surface area contributed by atoms with E-state index in [4.69, 9.17) is 9.47 Å². The van der Waals surface area contributed by atoms with Gasteiger partial charge < -0.3 is 20.1 Å². The van der Waals surface area contributed by atoms with Gasteiger partial charge in [-0.1, -0.05) is 24.3 Å². The van der Waals surface area contributed by atoms with Gasteiger partial charge in [-0.2, -0.15) is 0 Å². The van der Waals surface area contributed by atoms with Crippen LogP contribution in [0, 0.1) is 0 Å². The summed E-state index contributed by atoms with van der Waals surface area (Å²) in [6.07, 6.45) is -0.817. The van der Waals surface area contributed by atoms with Gasteiger partial charge in [-0.25, -0.2) is 4.79 Å². The Morgan fingerprint density at radius 1 is 0.868 bits per heavy atom. The number of ether oxygens (including phenoxy) is 2. The highest BCUT2D eigenvalue weighted by Crippen LogP contribution is 2.25. The Labute approximate surface area is 218 Å². The normalized spacial score (nSPS) is 12.9. The Balaban J connectivity index is 1.29. The van der Waals surface area contributed by atoms with Gasteiger partial charge in [-0.15, -0.1) is 0 Å². The van der Waals surface area contributed by atoms with Crippen LogP contribution < -0.4 is 15.4 Å². The van der Waals surface area contributed by atoms with Gasteiger partial charge in [0.1, 0.15) is 11.8 Å². The van der Waals surface area contributed by atoms with E-state index >= 15 is 0 Å². The molecule has 0 saturated heterocycles. The minimum Gasteiger partial charge on any atom is -0.434 e. The number of carbonyl (C=O) groups excluding carboxylic acids is 5. The number of imide groups is 1. The van der Waals surface area contributed by atoms with Crippen molar-refractivity contribution in [2.24, 2.45) is 0 Å². The fourth-order valence-corrected chi connectivity index (χ4v) is 3.83. The highest BCUT2D eigenvalue weighted by atomic mass is 16.7. The maximum atomic E-state index is 12.8. The van der Waals surface area contributed by atoms with E-state index in [-0.39, 0.29) is 35.9 Å². The molecule has 194 valence electrons. The summed E-state index contributed by atoms with van der Waals surface area (Å²) in [7, 11) is 0. The molecule has 0 aromatic heterocycles. The number of hydrogen-bond acceptors (Lipinski definition) is 7. The highest BCUT2D eigenvalue weighted by molar-refractivity contribution is 6.23. The highest BCUT2D eigenvalue weighted by Gasteiger charge is 2.40. The lowest BCUT2D eigenvalue weighted by molar-refractivity contribution is -0.119. The monoisotopic (exact) mass is 515 g/mol. The van der Waals surface area contributed by atoms with Crippen LogP contribution in [0.5, 0.6) is 5.75 Å². The molecular formula is C28H25N3O7. The van der Waals surface area contributed by atoms with Crippen molar-refractivity contribution in [3.05, 3.63) is 95.1 Å². The topological polar surface area (TPSA) is 131 Å². The average molecular weight is 516 g/mol. The van der Waals surface area contributed by atoms with E-state index in [9.17, 15) is 24.0 Å². The van der Waals surface area contributed by atoms with Gasteiger partial charge in [0.25, 0.3) is 17.7 Å². The van der Waals surface area contributed by atoms with Crippen molar-refractivity contribution in [3.8, 4) is 5.75 Å². The molecule has 0 saturated carbocycles. The van der Waals surface area contributed by atoms with Crippen molar-refractivity contribution in [1.29, 1.82) is 0 Å². The Bertz CT molecular complexity index is 1350. The summed E-state index contributed by atoms with van der Waals surface area (Å²) in [6.45, 7) is 3.59. The summed E-state index contributed by atoms with van der Waals surface area (Å²) in [5, 5.41) is 5.50. The number of rotatable bonds is 8. The van der Waals surface area contributed by atoms with Crippen LogP contribution in [0.4, 0.5) is 10.5 Å². The number of nitrogens with one attached hydrogen (secondary N) is 2. The molecule has 1 atom stereocenters. The van der Waals surface area contributed by atoms with E-state index in [1.807, 2.05) is 0 Å². The molecule has 0 bridgehead atoms. The predicted molar refractivity (Wildman–Crippen MR) is 137 cm³/mol. The lowest BCUT2D eigenvalue weighted by Crippen LogP contribution is -2.45. The molecule has 1 aliphatic rings. The molecular weight excluding hydrogens is 490 g/mol. The molecule has 1 aliphatic heterocycles. The molecule has 10 nitrogen and oxygen atoms in total. The standard InChI is InChI=1S/C28H25N3O7/c1-3-37-28(36)38-21-14-10-19(11-15-21)25(33)29-16-18-8-12-20(13-9-18)30-24(32)17(2)31-26(34)22-6-4-5-7-23(22)27(31)35/h4-15,17H,3,16H2,1-2H3,(H,29,33)(H,30,32). The summed E-state index contributed by atoms with van der Waals surface area (Å²) >= 11 is 0. The minimum absolute atomic E-state index is 0.196. The summed E-state index contributed by atoms with van der Waals surface area (Å²) < 4.78 is 9.67. The lowest BCUT2D eigenvalue weighted by atomic mass is 10.1. The third kappa shape index (κ3) is 5.70. The van der Waals surface area contributed by atoms with Crippen molar-refractivity contribution in [2.75, 3.05) is 11.9 Å². The van der Waals surface area contributed by atoms with E-state index in [0.29, 0.717) is 11.3 Å². The van der Waals surface area contributed by atoms with Gasteiger partial charge in [0.05, 0.1) is 17.7 Å². The third-order valence-electron chi connectivity index (χ3n) is 5.85. The van der Waals surface area contributed by atoms with Crippen LogP contribution in [0.2, 0.25) is 0 Å². The predicted octanol–water partition coefficient (Wildman–Crippen LogP) is 3.78. The molecule has 2 N–H and O–H groups in total. The summed E-state index contributed by atoms with van der Waals surface area (Å²) in [4.78, 5) is 62.8. The quantitative estimate of drug-likeness (QED) is 0.265. The van der Waals surface area contributed by atoms with Crippen molar-refractivity contribution < 1.29 is 33.4 Å². The number of anilines is 1. The lowest BCUT2D eigenvalue weighted by Gasteiger charge is -2.21. The van der Waals surface area contributed by atoms with Gasteiger partial charge in [-0.05, 0) is 67.9 Å². The van der Waals surface area contributed by atoms with Gasteiger partial charge in [-0.3, -0.25) is 24.1 Å². The number of amides is 4. The first-order chi connectivity index (χ1) is 18.3. The van der Waals surface area contributed by atoms with E-state index in [2.05, 4.69) is 10.6 Å². The second-order valence-corrected chi connectivity index (χ2v) is 8.38. The average Bonchev–Trinajstić information content (AvgIpc) is 3.17. The first-order valence-electron chi connectivity index (χ1n) is 11.9. The zero-order chi connectivity index (χ0) is 27.2. The molecule has 3 aromatic rings. The molecule has 4 amide bonds. The molecule has 10 heteroatoms. The van der Waals surface area contributed by atoms with Crippen molar-refractivity contribution >= 4 is 35.5 Å². The van der Waals surface area contributed by atoms with Gasteiger partial charge in [0, 0.05) is 17.8 Å². The van der Waals surface area contributed by atoms with Crippen LogP contribution in [0.15, 0.2) is 72.8 Å². The Kier molecular flexibility index (Phi) is 7.81.